The molecule has 2 aromatic rings. The summed E-state index contributed by atoms with van der Waals surface area (Å²) in [4.78, 5) is 4.40. The second kappa shape index (κ2) is 5.37. The Kier molecular flexibility index (Phi) is 3.55. The first kappa shape index (κ1) is 13.9. The highest BCUT2D eigenvalue weighted by Gasteiger charge is 2.38. The van der Waals surface area contributed by atoms with Gasteiger partial charge in [-0.05, 0) is 25.0 Å². The highest BCUT2D eigenvalue weighted by Crippen LogP contribution is 2.39. The fourth-order valence-electron chi connectivity index (χ4n) is 2.89. The monoisotopic (exact) mass is 290 g/mol. The standard InChI is InChI=1S/C15H18N2O4/c1-20-15(5-3-2-4-6-15)14-16-13(21-17-14)10-7-11(18)9-12(19)8-10/h7-9,18-19H,2-6H2,1H3. The molecule has 112 valence electrons. The molecule has 1 heterocycles. The Balaban J connectivity index is 1.95. The lowest BCUT2D eigenvalue weighted by Crippen LogP contribution is -2.32. The highest BCUT2D eigenvalue weighted by molar-refractivity contribution is 5.58. The number of methoxy groups -OCH3 is 1. The van der Waals surface area contributed by atoms with Crippen LogP contribution in [0.3, 0.4) is 0 Å². The molecule has 0 radical (unpaired) electrons. The Hall–Kier alpha value is -2.08. The van der Waals surface area contributed by atoms with Crippen molar-refractivity contribution in [2.24, 2.45) is 0 Å². The molecular weight excluding hydrogens is 272 g/mol. The summed E-state index contributed by atoms with van der Waals surface area (Å²) in [6.07, 6.45) is 5.08. The van der Waals surface area contributed by atoms with Crippen molar-refractivity contribution in [3.8, 4) is 23.0 Å². The lowest BCUT2D eigenvalue weighted by atomic mass is 9.84. The molecule has 6 heteroatoms. The first-order valence-corrected chi connectivity index (χ1v) is 7.06. The number of ether oxygens (including phenoxy) is 1. The third-order valence-electron chi connectivity index (χ3n) is 4.03. The summed E-state index contributed by atoms with van der Waals surface area (Å²) in [7, 11) is 1.67. The average molecular weight is 290 g/mol. The number of hydrogen-bond acceptors (Lipinski definition) is 6. The lowest BCUT2D eigenvalue weighted by Gasteiger charge is -2.32. The molecule has 0 bridgehead atoms. The summed E-state index contributed by atoms with van der Waals surface area (Å²) in [6.45, 7) is 0. The first-order chi connectivity index (χ1) is 10.1. The number of hydrogen-bond donors (Lipinski definition) is 2. The van der Waals surface area contributed by atoms with Gasteiger partial charge in [0.1, 0.15) is 17.1 Å². The van der Waals surface area contributed by atoms with Crippen molar-refractivity contribution < 1.29 is 19.5 Å². The van der Waals surface area contributed by atoms with Crippen molar-refractivity contribution in [3.63, 3.8) is 0 Å². The zero-order chi connectivity index (χ0) is 14.9. The van der Waals surface area contributed by atoms with Crippen LogP contribution in [0.1, 0.15) is 37.9 Å². The van der Waals surface area contributed by atoms with E-state index in [9.17, 15) is 10.2 Å². The maximum Gasteiger partial charge on any atom is 0.258 e. The van der Waals surface area contributed by atoms with Gasteiger partial charge in [0.25, 0.3) is 5.89 Å². The van der Waals surface area contributed by atoms with Crippen LogP contribution in [0.4, 0.5) is 0 Å². The van der Waals surface area contributed by atoms with Crippen LogP contribution in [0.2, 0.25) is 0 Å². The molecule has 1 aliphatic carbocycles. The summed E-state index contributed by atoms with van der Waals surface area (Å²) in [5.74, 6) is 0.688. The van der Waals surface area contributed by atoms with Crippen LogP contribution in [0, 0.1) is 0 Å². The quantitative estimate of drug-likeness (QED) is 0.903. The third-order valence-corrected chi connectivity index (χ3v) is 4.03. The van der Waals surface area contributed by atoms with Crippen LogP contribution < -0.4 is 0 Å². The molecule has 0 atom stereocenters. The van der Waals surface area contributed by atoms with E-state index in [2.05, 4.69) is 10.1 Å². The molecule has 2 N–H and O–H groups in total. The molecule has 6 nitrogen and oxygen atoms in total. The van der Waals surface area contributed by atoms with E-state index >= 15 is 0 Å². The van der Waals surface area contributed by atoms with Crippen molar-refractivity contribution in [2.45, 2.75) is 37.7 Å². The fourth-order valence-corrected chi connectivity index (χ4v) is 2.89. The fraction of sp³-hybridized carbons (Fsp3) is 0.467. The minimum Gasteiger partial charge on any atom is -0.508 e. The maximum absolute atomic E-state index is 9.53. The van der Waals surface area contributed by atoms with Crippen LogP contribution in [0.25, 0.3) is 11.5 Å². The van der Waals surface area contributed by atoms with Gasteiger partial charge in [0.2, 0.25) is 5.82 Å². The number of benzene rings is 1. The van der Waals surface area contributed by atoms with Gasteiger partial charge in [0, 0.05) is 18.7 Å². The molecule has 21 heavy (non-hydrogen) atoms. The van der Waals surface area contributed by atoms with Gasteiger partial charge in [-0.25, -0.2) is 0 Å². The maximum atomic E-state index is 9.53. The van der Waals surface area contributed by atoms with Gasteiger partial charge >= 0.3 is 0 Å². The van der Waals surface area contributed by atoms with Gasteiger partial charge in [-0.3, -0.25) is 0 Å². The Morgan fingerprint density at radius 3 is 2.38 bits per heavy atom. The van der Waals surface area contributed by atoms with Crippen molar-refractivity contribution in [3.05, 3.63) is 24.0 Å². The minimum atomic E-state index is -0.487. The van der Waals surface area contributed by atoms with Crippen molar-refractivity contribution >= 4 is 0 Å². The Bertz CT molecular complexity index is 612. The molecule has 3 rings (SSSR count). The van der Waals surface area contributed by atoms with Crippen molar-refractivity contribution in [1.82, 2.24) is 10.1 Å². The summed E-state index contributed by atoms with van der Waals surface area (Å²) >= 11 is 0. The van der Waals surface area contributed by atoms with Crippen molar-refractivity contribution in [2.75, 3.05) is 7.11 Å². The molecule has 0 aliphatic heterocycles. The molecule has 1 aromatic carbocycles. The highest BCUT2D eigenvalue weighted by atomic mass is 16.5. The van der Waals surface area contributed by atoms with E-state index in [4.69, 9.17) is 9.26 Å². The Morgan fingerprint density at radius 1 is 1.10 bits per heavy atom. The van der Waals surface area contributed by atoms with E-state index in [1.54, 1.807) is 7.11 Å². The normalized spacial score (nSPS) is 17.8. The van der Waals surface area contributed by atoms with E-state index in [0.717, 1.165) is 25.7 Å². The van der Waals surface area contributed by atoms with E-state index in [-0.39, 0.29) is 17.4 Å². The number of aromatic nitrogens is 2. The largest absolute Gasteiger partial charge is 0.508 e. The zero-order valence-corrected chi connectivity index (χ0v) is 11.9. The molecule has 0 unspecified atom stereocenters. The number of rotatable bonds is 3. The van der Waals surface area contributed by atoms with E-state index < -0.39 is 5.60 Å². The molecule has 1 saturated carbocycles. The molecule has 0 saturated heterocycles. The summed E-state index contributed by atoms with van der Waals surface area (Å²) < 4.78 is 11.0. The third kappa shape index (κ3) is 2.58. The average Bonchev–Trinajstić information content (AvgIpc) is 2.97. The smallest absolute Gasteiger partial charge is 0.258 e. The van der Waals surface area contributed by atoms with Gasteiger partial charge in [0.15, 0.2) is 0 Å². The number of aromatic hydroxyl groups is 2. The summed E-state index contributed by atoms with van der Waals surface area (Å²) in [6, 6.07) is 4.19. The summed E-state index contributed by atoms with van der Waals surface area (Å²) in [5.41, 5.74) is -0.00731. The van der Waals surface area contributed by atoms with Gasteiger partial charge in [0.05, 0.1) is 0 Å². The van der Waals surface area contributed by atoms with Gasteiger partial charge in [-0.2, -0.15) is 4.98 Å². The Morgan fingerprint density at radius 2 is 1.76 bits per heavy atom. The molecule has 1 aromatic heterocycles. The molecule has 0 amide bonds. The van der Waals surface area contributed by atoms with Gasteiger partial charge < -0.3 is 19.5 Å². The lowest BCUT2D eigenvalue weighted by molar-refractivity contribution is -0.0527. The summed E-state index contributed by atoms with van der Waals surface area (Å²) in [5, 5.41) is 23.1. The van der Waals surface area contributed by atoms with Gasteiger partial charge in [-0.1, -0.05) is 24.4 Å². The first-order valence-electron chi connectivity index (χ1n) is 7.06. The topological polar surface area (TPSA) is 88.6 Å². The second-order valence-corrected chi connectivity index (χ2v) is 5.42. The predicted octanol–water partition coefficient (Wildman–Crippen LogP) is 2.95. The predicted molar refractivity (Wildman–Crippen MR) is 74.8 cm³/mol. The number of phenols is 2. The molecule has 0 spiro atoms. The van der Waals surface area contributed by atoms with Gasteiger partial charge in [-0.15, -0.1) is 0 Å². The second-order valence-electron chi connectivity index (χ2n) is 5.42. The van der Waals surface area contributed by atoms with Crippen LogP contribution >= 0.6 is 0 Å². The zero-order valence-electron chi connectivity index (χ0n) is 11.9. The van der Waals surface area contributed by atoms with E-state index in [1.807, 2.05) is 0 Å². The van der Waals surface area contributed by atoms with Crippen LogP contribution in [-0.2, 0) is 10.3 Å². The number of nitrogens with zero attached hydrogens (tertiary/aromatic N) is 2. The van der Waals surface area contributed by atoms with Crippen LogP contribution in [-0.4, -0.2) is 27.5 Å². The van der Waals surface area contributed by atoms with Crippen LogP contribution in [0.15, 0.2) is 22.7 Å². The molecular formula is C15H18N2O4. The minimum absolute atomic E-state index is 0.0520. The molecule has 1 aliphatic rings. The van der Waals surface area contributed by atoms with Crippen LogP contribution in [0.5, 0.6) is 11.5 Å². The Labute approximate surface area is 122 Å². The number of phenolic OH excluding ortho intramolecular Hbond substituents is 2. The van der Waals surface area contributed by atoms with E-state index in [1.165, 1.54) is 24.6 Å². The van der Waals surface area contributed by atoms with E-state index in [0.29, 0.717) is 11.4 Å². The molecule has 1 fully saturated rings. The van der Waals surface area contributed by atoms with Crippen molar-refractivity contribution in [1.29, 1.82) is 0 Å². The SMILES string of the molecule is COC1(c2noc(-c3cc(O)cc(O)c3)n2)CCCCC1.